The molecule has 0 saturated carbocycles. The summed E-state index contributed by atoms with van der Waals surface area (Å²) in [5.74, 6) is 0.756. The van der Waals surface area contributed by atoms with Crippen LogP contribution in [0, 0.1) is 0 Å². The van der Waals surface area contributed by atoms with Gasteiger partial charge in [0.1, 0.15) is 11.8 Å². The second kappa shape index (κ2) is 8.01. The molecule has 0 aliphatic rings. The van der Waals surface area contributed by atoms with Crippen molar-refractivity contribution in [3.8, 4) is 5.75 Å². The molecule has 0 bridgehead atoms. The zero-order chi connectivity index (χ0) is 20.2. The van der Waals surface area contributed by atoms with E-state index >= 15 is 0 Å². The van der Waals surface area contributed by atoms with E-state index < -0.39 is 6.09 Å². The Morgan fingerprint density at radius 3 is 2.26 bits per heavy atom. The van der Waals surface area contributed by atoms with E-state index in [1.165, 1.54) is 4.90 Å². The summed E-state index contributed by atoms with van der Waals surface area (Å²) in [6.07, 6.45) is -1.26. The number of carboxylic acid groups (broad SMARTS) is 1. The highest BCUT2D eigenvalue weighted by molar-refractivity contribution is 5.93. The number of anilines is 2. The van der Waals surface area contributed by atoms with Crippen molar-refractivity contribution >= 4 is 17.5 Å². The summed E-state index contributed by atoms with van der Waals surface area (Å²) in [5.41, 5.74) is 1.86. The first-order chi connectivity index (χ1) is 12.6. The third-order valence-electron chi connectivity index (χ3n) is 5.05. The van der Waals surface area contributed by atoms with E-state index in [9.17, 15) is 9.90 Å². The molecule has 0 N–H and O–H groups in total. The van der Waals surface area contributed by atoms with Crippen molar-refractivity contribution in [3.05, 3.63) is 54.1 Å². The van der Waals surface area contributed by atoms with Gasteiger partial charge in [0.05, 0.1) is 34.3 Å². The molecule has 1 amide bonds. The van der Waals surface area contributed by atoms with Crippen LogP contribution in [-0.4, -0.2) is 44.9 Å². The van der Waals surface area contributed by atoms with Crippen LogP contribution >= 0.6 is 0 Å². The maximum Gasteiger partial charge on any atom is 0.146 e. The fourth-order valence-corrected chi connectivity index (χ4v) is 3.57. The molecule has 5 nitrogen and oxygen atoms in total. The number of nitrogens with zero attached hydrogens (tertiary/aromatic N) is 2. The predicted octanol–water partition coefficient (Wildman–Crippen LogP) is 3.55. The maximum absolute atomic E-state index is 11.9. The summed E-state index contributed by atoms with van der Waals surface area (Å²) in [4.78, 5) is 13.1. The lowest BCUT2D eigenvalue weighted by Gasteiger charge is -2.38. The van der Waals surface area contributed by atoms with Crippen molar-refractivity contribution in [1.82, 2.24) is 0 Å². The number of amides is 1. The Hall–Kier alpha value is -2.53. The number of likely N-dealkylation sites (N-methyl/N-ethyl adjacent to an activating group) is 1. The molecule has 0 aromatic heterocycles. The van der Waals surface area contributed by atoms with Gasteiger partial charge < -0.3 is 19.1 Å². The van der Waals surface area contributed by atoms with E-state index in [1.807, 2.05) is 18.2 Å². The zero-order valence-electron chi connectivity index (χ0n) is 17.2. The third kappa shape index (κ3) is 4.80. The second-order valence-electron chi connectivity index (χ2n) is 8.12. The molecule has 0 radical (unpaired) electrons. The summed E-state index contributed by atoms with van der Waals surface area (Å²) in [6.45, 7) is 8.38. The number of para-hydroxylation sites is 1. The SMILES string of the molecule is CC[N+](C)(C)CC(C)(C)c1cc(N(C(=O)[O-])c2ccccc2)ccc1OC. The number of methoxy groups -OCH3 is 1. The zero-order valence-corrected chi connectivity index (χ0v) is 17.2. The molecule has 0 heterocycles. The molecular formula is C22H30N2O3. The molecular weight excluding hydrogens is 340 g/mol. The van der Waals surface area contributed by atoms with Gasteiger partial charge in [-0.05, 0) is 37.3 Å². The number of hydrogen-bond acceptors (Lipinski definition) is 3. The summed E-state index contributed by atoms with van der Waals surface area (Å²) >= 11 is 0. The first-order valence-corrected chi connectivity index (χ1v) is 9.18. The molecule has 0 aliphatic heterocycles. The van der Waals surface area contributed by atoms with Crippen molar-refractivity contribution in [2.75, 3.05) is 39.2 Å². The Balaban J connectivity index is 2.55. The number of quaternary nitrogens is 1. The Morgan fingerprint density at radius 2 is 1.74 bits per heavy atom. The van der Waals surface area contributed by atoms with E-state index in [0.717, 1.165) is 28.9 Å². The predicted molar refractivity (Wildman–Crippen MR) is 108 cm³/mol. The van der Waals surface area contributed by atoms with Gasteiger partial charge in [0, 0.05) is 22.4 Å². The maximum atomic E-state index is 11.9. The number of ether oxygens (including phenoxy) is 1. The van der Waals surface area contributed by atoms with Crippen molar-refractivity contribution in [1.29, 1.82) is 0 Å². The van der Waals surface area contributed by atoms with Gasteiger partial charge in [-0.2, -0.15) is 0 Å². The number of benzene rings is 2. The molecule has 0 unspecified atom stereocenters. The average Bonchev–Trinajstić information content (AvgIpc) is 2.61. The van der Waals surface area contributed by atoms with Crippen LogP contribution in [0.1, 0.15) is 26.3 Å². The molecule has 0 spiro atoms. The van der Waals surface area contributed by atoms with E-state index in [0.29, 0.717) is 11.4 Å². The summed E-state index contributed by atoms with van der Waals surface area (Å²) in [7, 11) is 6.02. The molecule has 0 aliphatic carbocycles. The highest BCUT2D eigenvalue weighted by Crippen LogP contribution is 2.37. The first-order valence-electron chi connectivity index (χ1n) is 9.18. The number of rotatable bonds is 7. The lowest BCUT2D eigenvalue weighted by Crippen LogP contribution is -2.48. The second-order valence-corrected chi connectivity index (χ2v) is 8.12. The lowest BCUT2D eigenvalue weighted by molar-refractivity contribution is -0.892. The van der Waals surface area contributed by atoms with Crippen LogP contribution in [0.15, 0.2) is 48.5 Å². The van der Waals surface area contributed by atoms with E-state index in [4.69, 9.17) is 4.74 Å². The Labute approximate surface area is 162 Å². The summed E-state index contributed by atoms with van der Waals surface area (Å²) in [6, 6.07) is 14.4. The highest BCUT2D eigenvalue weighted by Gasteiger charge is 2.32. The third-order valence-corrected chi connectivity index (χ3v) is 5.05. The lowest BCUT2D eigenvalue weighted by atomic mass is 9.82. The number of carbonyl (C=O) groups excluding carboxylic acids is 1. The van der Waals surface area contributed by atoms with Gasteiger partial charge in [-0.3, -0.25) is 4.90 Å². The van der Waals surface area contributed by atoms with Gasteiger partial charge in [0.15, 0.2) is 0 Å². The molecule has 2 aromatic rings. The van der Waals surface area contributed by atoms with Crippen LogP contribution in [0.2, 0.25) is 0 Å². The first kappa shape index (κ1) is 20.8. The largest absolute Gasteiger partial charge is 0.529 e. The normalized spacial score (nSPS) is 11.9. The molecule has 2 aromatic carbocycles. The van der Waals surface area contributed by atoms with Gasteiger partial charge in [0.25, 0.3) is 0 Å². The van der Waals surface area contributed by atoms with E-state index in [1.54, 1.807) is 37.4 Å². The topological polar surface area (TPSA) is 52.6 Å². The van der Waals surface area contributed by atoms with E-state index in [2.05, 4.69) is 34.9 Å². The number of carbonyl (C=O) groups is 1. The fourth-order valence-electron chi connectivity index (χ4n) is 3.57. The van der Waals surface area contributed by atoms with Gasteiger partial charge in [-0.1, -0.05) is 32.0 Å². The van der Waals surface area contributed by atoms with Gasteiger partial charge in [-0.25, -0.2) is 0 Å². The Kier molecular flexibility index (Phi) is 6.16. The van der Waals surface area contributed by atoms with Gasteiger partial charge in [-0.15, -0.1) is 0 Å². The van der Waals surface area contributed by atoms with Gasteiger partial charge in [0.2, 0.25) is 0 Å². The van der Waals surface area contributed by atoms with Crippen LogP contribution in [0.5, 0.6) is 5.75 Å². The molecule has 5 heteroatoms. The molecule has 0 fully saturated rings. The minimum atomic E-state index is -1.26. The van der Waals surface area contributed by atoms with Gasteiger partial charge >= 0.3 is 0 Å². The van der Waals surface area contributed by atoms with Crippen molar-refractivity contribution in [3.63, 3.8) is 0 Å². The quantitative estimate of drug-likeness (QED) is 0.701. The fraction of sp³-hybridized carbons (Fsp3) is 0.409. The van der Waals surface area contributed by atoms with Crippen LogP contribution in [0.3, 0.4) is 0 Å². The van der Waals surface area contributed by atoms with Crippen LogP contribution in [-0.2, 0) is 5.41 Å². The monoisotopic (exact) mass is 370 g/mol. The minimum absolute atomic E-state index is 0.213. The Bertz CT molecular complexity index is 785. The minimum Gasteiger partial charge on any atom is -0.529 e. The molecule has 0 atom stereocenters. The molecule has 2 rings (SSSR count). The standard InChI is InChI=1S/C22H30N2O3/c1-7-24(4,5)16-22(2,3)19-15-18(13-14-20(19)27-6)23(21(25)26)17-11-9-8-10-12-17/h8-15H,7,16H2,1-6H3. The van der Waals surface area contributed by atoms with Crippen molar-refractivity contribution < 1.29 is 19.1 Å². The Morgan fingerprint density at radius 1 is 1.11 bits per heavy atom. The smallest absolute Gasteiger partial charge is 0.146 e. The van der Waals surface area contributed by atoms with Crippen LogP contribution in [0.25, 0.3) is 0 Å². The molecule has 146 valence electrons. The summed E-state index contributed by atoms with van der Waals surface area (Å²) in [5, 5.41) is 11.9. The summed E-state index contributed by atoms with van der Waals surface area (Å²) < 4.78 is 6.44. The van der Waals surface area contributed by atoms with Crippen LogP contribution < -0.4 is 14.7 Å². The van der Waals surface area contributed by atoms with Crippen molar-refractivity contribution in [2.45, 2.75) is 26.2 Å². The highest BCUT2D eigenvalue weighted by atomic mass is 16.5. The van der Waals surface area contributed by atoms with E-state index in [-0.39, 0.29) is 5.41 Å². The molecule has 0 saturated heterocycles. The number of hydrogen-bond donors (Lipinski definition) is 0. The molecule has 27 heavy (non-hydrogen) atoms. The average molecular weight is 370 g/mol. The van der Waals surface area contributed by atoms with Crippen molar-refractivity contribution in [2.24, 2.45) is 0 Å². The van der Waals surface area contributed by atoms with Crippen LogP contribution in [0.4, 0.5) is 16.2 Å².